The Balaban J connectivity index is 2.06. The van der Waals surface area contributed by atoms with Crippen LogP contribution in [-0.4, -0.2) is 0 Å². The number of ether oxygens (including phenoxy) is 1. The SMILES string of the molecule is Cc1cccc(OCc2ccc(C(C)(C)C)cc2)c1N. The van der Waals surface area contributed by atoms with Crippen molar-refractivity contribution in [1.82, 2.24) is 0 Å². The molecule has 0 spiro atoms. The van der Waals surface area contributed by atoms with Crippen LogP contribution in [0.25, 0.3) is 0 Å². The van der Waals surface area contributed by atoms with E-state index in [0.29, 0.717) is 6.61 Å². The summed E-state index contributed by atoms with van der Waals surface area (Å²) in [5.41, 5.74) is 10.4. The molecule has 0 atom stereocenters. The summed E-state index contributed by atoms with van der Waals surface area (Å²) >= 11 is 0. The smallest absolute Gasteiger partial charge is 0.142 e. The molecule has 0 aliphatic rings. The summed E-state index contributed by atoms with van der Waals surface area (Å²) in [4.78, 5) is 0. The lowest BCUT2D eigenvalue weighted by atomic mass is 9.87. The number of para-hydroxylation sites is 1. The second kappa shape index (κ2) is 5.58. The third-order valence-corrected chi connectivity index (χ3v) is 3.50. The van der Waals surface area contributed by atoms with E-state index in [-0.39, 0.29) is 5.41 Å². The Morgan fingerprint density at radius 3 is 2.25 bits per heavy atom. The van der Waals surface area contributed by atoms with E-state index in [9.17, 15) is 0 Å². The van der Waals surface area contributed by atoms with E-state index >= 15 is 0 Å². The van der Waals surface area contributed by atoms with Crippen LogP contribution in [0.1, 0.15) is 37.5 Å². The monoisotopic (exact) mass is 269 g/mol. The van der Waals surface area contributed by atoms with Crippen molar-refractivity contribution in [2.24, 2.45) is 0 Å². The standard InChI is InChI=1S/C18H23NO/c1-13-6-5-7-16(17(13)19)20-12-14-8-10-15(11-9-14)18(2,3)4/h5-11H,12,19H2,1-4H3. The highest BCUT2D eigenvalue weighted by Gasteiger charge is 2.12. The van der Waals surface area contributed by atoms with Crippen LogP contribution in [-0.2, 0) is 12.0 Å². The summed E-state index contributed by atoms with van der Waals surface area (Å²) < 4.78 is 5.80. The first-order chi connectivity index (χ1) is 9.38. The third-order valence-electron chi connectivity index (χ3n) is 3.50. The Hall–Kier alpha value is -1.96. The van der Waals surface area contributed by atoms with Gasteiger partial charge in [0, 0.05) is 0 Å². The van der Waals surface area contributed by atoms with Crippen molar-refractivity contribution in [3.63, 3.8) is 0 Å². The lowest BCUT2D eigenvalue weighted by Gasteiger charge is -2.19. The van der Waals surface area contributed by atoms with Crippen LogP contribution < -0.4 is 10.5 Å². The molecule has 0 aliphatic heterocycles. The molecule has 0 fully saturated rings. The minimum Gasteiger partial charge on any atom is -0.487 e. The van der Waals surface area contributed by atoms with Crippen molar-refractivity contribution in [2.45, 2.75) is 39.7 Å². The Kier molecular flexibility index (Phi) is 4.03. The fraction of sp³-hybridized carbons (Fsp3) is 0.333. The quantitative estimate of drug-likeness (QED) is 0.835. The lowest BCUT2D eigenvalue weighted by Crippen LogP contribution is -2.10. The van der Waals surface area contributed by atoms with Crippen LogP contribution in [0.15, 0.2) is 42.5 Å². The number of nitrogen functional groups attached to an aromatic ring is 1. The van der Waals surface area contributed by atoms with E-state index in [1.807, 2.05) is 25.1 Å². The van der Waals surface area contributed by atoms with Crippen molar-refractivity contribution in [3.05, 3.63) is 59.2 Å². The summed E-state index contributed by atoms with van der Waals surface area (Å²) in [6.07, 6.45) is 0. The van der Waals surface area contributed by atoms with Gasteiger partial charge in [0.2, 0.25) is 0 Å². The second-order valence-electron chi connectivity index (χ2n) is 6.22. The van der Waals surface area contributed by atoms with Crippen molar-refractivity contribution < 1.29 is 4.74 Å². The molecule has 0 unspecified atom stereocenters. The fourth-order valence-electron chi connectivity index (χ4n) is 2.04. The van der Waals surface area contributed by atoms with Gasteiger partial charge in [0.05, 0.1) is 5.69 Å². The van der Waals surface area contributed by atoms with E-state index in [1.165, 1.54) is 5.56 Å². The Morgan fingerprint density at radius 1 is 1.00 bits per heavy atom. The van der Waals surface area contributed by atoms with Crippen molar-refractivity contribution in [3.8, 4) is 5.75 Å². The number of aryl methyl sites for hydroxylation is 1. The Bertz CT molecular complexity index is 579. The molecule has 0 aromatic heterocycles. The van der Waals surface area contributed by atoms with Gasteiger partial charge in [0.1, 0.15) is 12.4 Å². The molecular weight excluding hydrogens is 246 g/mol. The molecule has 20 heavy (non-hydrogen) atoms. The summed E-state index contributed by atoms with van der Waals surface area (Å²) in [7, 11) is 0. The second-order valence-corrected chi connectivity index (χ2v) is 6.22. The van der Waals surface area contributed by atoms with Crippen LogP contribution in [0.2, 0.25) is 0 Å². The van der Waals surface area contributed by atoms with Gasteiger partial charge < -0.3 is 10.5 Å². The molecule has 2 nitrogen and oxygen atoms in total. The van der Waals surface area contributed by atoms with Gasteiger partial charge >= 0.3 is 0 Å². The van der Waals surface area contributed by atoms with Gasteiger partial charge in [-0.25, -0.2) is 0 Å². The fourth-order valence-corrected chi connectivity index (χ4v) is 2.04. The predicted octanol–water partition coefficient (Wildman–Crippen LogP) is 4.45. The van der Waals surface area contributed by atoms with Gasteiger partial charge in [0.15, 0.2) is 0 Å². The van der Waals surface area contributed by atoms with Gasteiger partial charge in [-0.3, -0.25) is 0 Å². The van der Waals surface area contributed by atoms with Crippen molar-refractivity contribution in [2.75, 3.05) is 5.73 Å². The molecule has 2 rings (SSSR count). The number of rotatable bonds is 3. The molecule has 2 aromatic carbocycles. The molecule has 106 valence electrons. The van der Waals surface area contributed by atoms with E-state index < -0.39 is 0 Å². The minimum atomic E-state index is 0.181. The maximum absolute atomic E-state index is 6.00. The number of nitrogens with two attached hydrogens (primary N) is 1. The number of hydrogen-bond donors (Lipinski definition) is 1. The van der Waals surface area contributed by atoms with Gasteiger partial charge in [-0.05, 0) is 35.1 Å². The van der Waals surface area contributed by atoms with Crippen LogP contribution >= 0.6 is 0 Å². The molecule has 2 N–H and O–H groups in total. The van der Waals surface area contributed by atoms with Crippen LogP contribution in [0.3, 0.4) is 0 Å². The van der Waals surface area contributed by atoms with Gasteiger partial charge in [0.25, 0.3) is 0 Å². The van der Waals surface area contributed by atoms with Crippen LogP contribution in [0.5, 0.6) is 5.75 Å². The van der Waals surface area contributed by atoms with Crippen molar-refractivity contribution in [1.29, 1.82) is 0 Å². The number of hydrogen-bond acceptors (Lipinski definition) is 2. The van der Waals surface area contributed by atoms with Gasteiger partial charge in [-0.2, -0.15) is 0 Å². The first kappa shape index (κ1) is 14.4. The molecule has 0 radical (unpaired) electrons. The third kappa shape index (κ3) is 3.32. The maximum atomic E-state index is 6.00. The van der Waals surface area contributed by atoms with Crippen molar-refractivity contribution >= 4 is 5.69 Å². The molecular formula is C18H23NO. The minimum absolute atomic E-state index is 0.181. The molecule has 0 saturated carbocycles. The summed E-state index contributed by atoms with van der Waals surface area (Å²) in [5.74, 6) is 0.755. The molecule has 2 heteroatoms. The Labute approximate surface area is 121 Å². The van der Waals surface area contributed by atoms with E-state index in [0.717, 1.165) is 22.6 Å². The zero-order chi connectivity index (χ0) is 14.8. The summed E-state index contributed by atoms with van der Waals surface area (Å²) in [6.45, 7) is 9.17. The molecule has 0 bridgehead atoms. The van der Waals surface area contributed by atoms with Gasteiger partial charge in [-0.15, -0.1) is 0 Å². The molecule has 0 amide bonds. The largest absolute Gasteiger partial charge is 0.487 e. The normalized spacial score (nSPS) is 11.4. The first-order valence-electron chi connectivity index (χ1n) is 6.95. The summed E-state index contributed by atoms with van der Waals surface area (Å²) in [6, 6.07) is 14.4. The van der Waals surface area contributed by atoms with Crippen LogP contribution in [0, 0.1) is 6.92 Å². The summed E-state index contributed by atoms with van der Waals surface area (Å²) in [5, 5.41) is 0. The topological polar surface area (TPSA) is 35.2 Å². The van der Waals surface area contributed by atoms with Crippen LogP contribution in [0.4, 0.5) is 5.69 Å². The average Bonchev–Trinajstić information content (AvgIpc) is 2.40. The average molecular weight is 269 g/mol. The Morgan fingerprint density at radius 2 is 1.65 bits per heavy atom. The zero-order valence-corrected chi connectivity index (χ0v) is 12.7. The molecule has 2 aromatic rings. The highest BCUT2D eigenvalue weighted by Crippen LogP contribution is 2.26. The van der Waals surface area contributed by atoms with E-state index in [4.69, 9.17) is 10.5 Å². The van der Waals surface area contributed by atoms with E-state index in [1.54, 1.807) is 0 Å². The molecule has 0 saturated heterocycles. The first-order valence-corrected chi connectivity index (χ1v) is 6.95. The maximum Gasteiger partial charge on any atom is 0.142 e. The number of benzene rings is 2. The predicted molar refractivity (Wildman–Crippen MR) is 85.1 cm³/mol. The zero-order valence-electron chi connectivity index (χ0n) is 12.7. The molecule has 0 aliphatic carbocycles. The lowest BCUT2D eigenvalue weighted by molar-refractivity contribution is 0.307. The number of anilines is 1. The highest BCUT2D eigenvalue weighted by molar-refractivity contribution is 5.57. The highest BCUT2D eigenvalue weighted by atomic mass is 16.5. The molecule has 0 heterocycles. The van der Waals surface area contributed by atoms with Gasteiger partial charge in [-0.1, -0.05) is 57.2 Å². The van der Waals surface area contributed by atoms with E-state index in [2.05, 4.69) is 45.0 Å².